The summed E-state index contributed by atoms with van der Waals surface area (Å²) in [6, 6.07) is 5.20. The van der Waals surface area contributed by atoms with Gasteiger partial charge in [-0.15, -0.1) is 0 Å². The Morgan fingerprint density at radius 3 is 2.04 bits per heavy atom. The standard InChI is InChI=1S/C15H20N2O6S/c1-16(2)13(18)10-24(22,23)12-6-4-11(5-7-12)15(21)17(3)9-8-14(19)20/h4-7H,8-10H2,1-3H3,(H,19,20). The lowest BCUT2D eigenvalue weighted by Gasteiger charge is -2.16. The van der Waals surface area contributed by atoms with Crippen LogP contribution >= 0.6 is 0 Å². The van der Waals surface area contributed by atoms with Gasteiger partial charge < -0.3 is 14.9 Å². The van der Waals surface area contributed by atoms with E-state index in [9.17, 15) is 22.8 Å². The number of aliphatic carboxylic acids is 1. The molecule has 1 rings (SSSR count). The summed E-state index contributed by atoms with van der Waals surface area (Å²) in [6.07, 6.45) is -0.179. The maximum absolute atomic E-state index is 12.1. The van der Waals surface area contributed by atoms with Crippen LogP contribution in [0.3, 0.4) is 0 Å². The van der Waals surface area contributed by atoms with E-state index in [4.69, 9.17) is 5.11 Å². The molecule has 0 spiro atoms. The van der Waals surface area contributed by atoms with E-state index in [1.54, 1.807) is 0 Å². The third-order valence-corrected chi connectivity index (χ3v) is 4.90. The Morgan fingerprint density at radius 2 is 1.58 bits per heavy atom. The van der Waals surface area contributed by atoms with Crippen molar-refractivity contribution in [3.8, 4) is 0 Å². The summed E-state index contributed by atoms with van der Waals surface area (Å²) in [5, 5.41) is 8.62. The Labute approximate surface area is 140 Å². The fourth-order valence-corrected chi connectivity index (χ4v) is 3.07. The molecular weight excluding hydrogens is 336 g/mol. The number of rotatable bonds is 7. The van der Waals surface area contributed by atoms with Crippen LogP contribution in [0, 0.1) is 0 Å². The molecule has 0 aliphatic heterocycles. The van der Waals surface area contributed by atoms with Gasteiger partial charge in [0.25, 0.3) is 5.91 Å². The summed E-state index contributed by atoms with van der Waals surface area (Å²) < 4.78 is 24.3. The van der Waals surface area contributed by atoms with Crippen LogP contribution in [-0.4, -0.2) is 74.5 Å². The van der Waals surface area contributed by atoms with Crippen LogP contribution in [0.4, 0.5) is 0 Å². The lowest BCUT2D eigenvalue weighted by atomic mass is 10.2. The second-order valence-corrected chi connectivity index (χ2v) is 7.43. The molecule has 0 radical (unpaired) electrons. The first kappa shape index (κ1) is 19.6. The van der Waals surface area contributed by atoms with Gasteiger partial charge in [-0.05, 0) is 24.3 Å². The van der Waals surface area contributed by atoms with Gasteiger partial charge in [0, 0.05) is 33.3 Å². The minimum Gasteiger partial charge on any atom is -0.481 e. The van der Waals surface area contributed by atoms with Crippen molar-refractivity contribution in [3.05, 3.63) is 29.8 Å². The zero-order valence-electron chi connectivity index (χ0n) is 13.7. The van der Waals surface area contributed by atoms with Gasteiger partial charge in [-0.3, -0.25) is 14.4 Å². The SMILES string of the molecule is CN(C)C(=O)CS(=O)(=O)c1ccc(C(=O)N(C)CCC(=O)O)cc1. The summed E-state index contributed by atoms with van der Waals surface area (Å²) in [5.74, 6) is -2.61. The average molecular weight is 356 g/mol. The molecule has 0 unspecified atom stereocenters. The number of amides is 2. The number of nitrogens with zero attached hydrogens (tertiary/aromatic N) is 2. The van der Waals surface area contributed by atoms with Gasteiger partial charge in [0.15, 0.2) is 9.84 Å². The first-order valence-corrected chi connectivity index (χ1v) is 8.70. The van der Waals surface area contributed by atoms with Gasteiger partial charge in [-0.25, -0.2) is 8.42 Å². The van der Waals surface area contributed by atoms with Gasteiger partial charge in [0.1, 0.15) is 5.75 Å². The molecule has 132 valence electrons. The third-order valence-electron chi connectivity index (χ3n) is 3.28. The van der Waals surface area contributed by atoms with Crippen molar-refractivity contribution in [2.45, 2.75) is 11.3 Å². The molecule has 0 aliphatic carbocycles. The molecule has 8 nitrogen and oxygen atoms in total. The Morgan fingerprint density at radius 1 is 1.04 bits per heavy atom. The topological polar surface area (TPSA) is 112 Å². The molecule has 1 N–H and O–H groups in total. The van der Waals surface area contributed by atoms with Gasteiger partial charge in [0.2, 0.25) is 5.91 Å². The quantitative estimate of drug-likeness (QED) is 0.741. The first-order chi connectivity index (χ1) is 11.0. The Balaban J connectivity index is 2.87. The van der Waals surface area contributed by atoms with Crippen molar-refractivity contribution in [1.29, 1.82) is 0 Å². The van der Waals surface area contributed by atoms with E-state index < -0.39 is 33.4 Å². The van der Waals surface area contributed by atoms with Gasteiger partial charge in [-0.1, -0.05) is 0 Å². The molecule has 0 aromatic heterocycles. The summed E-state index contributed by atoms with van der Waals surface area (Å²) in [7, 11) is 0.611. The fraction of sp³-hybridized carbons (Fsp3) is 0.400. The molecule has 2 amide bonds. The van der Waals surface area contributed by atoms with E-state index >= 15 is 0 Å². The predicted octanol–water partition coefficient (Wildman–Crippen LogP) is 0.0952. The highest BCUT2D eigenvalue weighted by molar-refractivity contribution is 7.92. The van der Waals surface area contributed by atoms with Crippen LogP contribution in [0.1, 0.15) is 16.8 Å². The minimum atomic E-state index is -3.78. The molecule has 24 heavy (non-hydrogen) atoms. The Kier molecular flexibility index (Phi) is 6.47. The van der Waals surface area contributed by atoms with Crippen molar-refractivity contribution in [2.75, 3.05) is 33.4 Å². The normalized spacial score (nSPS) is 11.0. The lowest BCUT2D eigenvalue weighted by molar-refractivity contribution is -0.137. The van der Waals surface area contributed by atoms with Crippen LogP contribution < -0.4 is 0 Å². The Hall–Kier alpha value is -2.42. The molecule has 0 atom stereocenters. The van der Waals surface area contributed by atoms with Crippen LogP contribution in [0.15, 0.2) is 29.2 Å². The number of carboxylic acids is 1. The molecule has 0 aliphatic rings. The van der Waals surface area contributed by atoms with Crippen molar-refractivity contribution < 1.29 is 27.9 Å². The molecule has 0 saturated carbocycles. The monoisotopic (exact) mass is 356 g/mol. The zero-order chi connectivity index (χ0) is 18.5. The largest absolute Gasteiger partial charge is 0.481 e. The number of benzene rings is 1. The minimum absolute atomic E-state index is 0.0472. The van der Waals surface area contributed by atoms with Gasteiger partial charge in [-0.2, -0.15) is 0 Å². The van der Waals surface area contributed by atoms with E-state index in [-0.39, 0.29) is 23.4 Å². The number of hydrogen-bond acceptors (Lipinski definition) is 5. The van der Waals surface area contributed by atoms with E-state index in [1.165, 1.54) is 55.2 Å². The van der Waals surface area contributed by atoms with Gasteiger partial charge in [0.05, 0.1) is 11.3 Å². The zero-order valence-corrected chi connectivity index (χ0v) is 14.5. The summed E-state index contributed by atoms with van der Waals surface area (Å²) in [4.78, 5) is 36.6. The van der Waals surface area contributed by atoms with E-state index in [0.29, 0.717) is 0 Å². The van der Waals surface area contributed by atoms with Crippen LogP contribution in [0.25, 0.3) is 0 Å². The average Bonchev–Trinajstić information content (AvgIpc) is 2.51. The summed E-state index contributed by atoms with van der Waals surface area (Å²) in [5.41, 5.74) is 0.237. The highest BCUT2D eigenvalue weighted by Gasteiger charge is 2.21. The number of hydrogen-bond donors (Lipinski definition) is 1. The number of carbonyl (C=O) groups is 3. The van der Waals surface area contributed by atoms with E-state index in [2.05, 4.69) is 0 Å². The van der Waals surface area contributed by atoms with Crippen LogP contribution in [0.2, 0.25) is 0 Å². The van der Waals surface area contributed by atoms with Crippen molar-refractivity contribution in [1.82, 2.24) is 9.80 Å². The highest BCUT2D eigenvalue weighted by atomic mass is 32.2. The van der Waals surface area contributed by atoms with Crippen molar-refractivity contribution >= 4 is 27.6 Å². The highest BCUT2D eigenvalue weighted by Crippen LogP contribution is 2.14. The molecule has 0 saturated heterocycles. The number of carbonyl (C=O) groups excluding carboxylic acids is 2. The van der Waals surface area contributed by atoms with Crippen LogP contribution in [0.5, 0.6) is 0 Å². The van der Waals surface area contributed by atoms with Crippen molar-refractivity contribution in [2.24, 2.45) is 0 Å². The molecule has 1 aromatic carbocycles. The Bertz CT molecular complexity index is 725. The molecule has 0 heterocycles. The van der Waals surface area contributed by atoms with Crippen molar-refractivity contribution in [3.63, 3.8) is 0 Å². The number of carboxylic acid groups (broad SMARTS) is 1. The van der Waals surface area contributed by atoms with Gasteiger partial charge >= 0.3 is 5.97 Å². The first-order valence-electron chi connectivity index (χ1n) is 7.05. The second kappa shape index (κ2) is 7.91. The maximum atomic E-state index is 12.1. The molecule has 0 fully saturated rings. The fourth-order valence-electron chi connectivity index (χ4n) is 1.77. The lowest BCUT2D eigenvalue weighted by Crippen LogP contribution is -2.30. The third kappa shape index (κ3) is 5.34. The summed E-state index contributed by atoms with van der Waals surface area (Å²) in [6.45, 7) is 0.0472. The van der Waals surface area contributed by atoms with E-state index in [0.717, 1.165) is 0 Å². The second-order valence-electron chi connectivity index (χ2n) is 5.44. The van der Waals surface area contributed by atoms with E-state index in [1.807, 2.05) is 0 Å². The molecule has 1 aromatic rings. The molecule has 9 heteroatoms. The maximum Gasteiger partial charge on any atom is 0.305 e. The number of sulfone groups is 1. The smallest absolute Gasteiger partial charge is 0.305 e. The molecule has 0 bridgehead atoms. The predicted molar refractivity (Wildman–Crippen MR) is 86.4 cm³/mol. The van der Waals surface area contributed by atoms with Crippen LogP contribution in [-0.2, 0) is 19.4 Å². The summed E-state index contributed by atoms with van der Waals surface area (Å²) >= 11 is 0. The molecular formula is C15H20N2O6S.